The standard InChI is InChI=1S/C54H45N4OP/c55-53(41-18-7-2-8-19-41)56-54(42-20-9-3-10-21-42)57-60-46-35-49(52-50(36-46)48-34-29-39-17-13-14-24-47(39)51(48)59-52)40-27-32-45(33-28-40)58(43-22-11-4-12-23-43)44-30-25-38(26-31-44)37-15-5-1-6-16-37/h1-33,35-36,48,53-54,56-57,60H,34,55H2. The lowest BCUT2D eigenvalue weighted by Gasteiger charge is -2.26. The van der Waals surface area contributed by atoms with Gasteiger partial charge in [0.05, 0.1) is 12.3 Å². The highest BCUT2D eigenvalue weighted by atomic mass is 31.1. The molecule has 8 aromatic rings. The predicted octanol–water partition coefficient (Wildman–Crippen LogP) is 10.7. The lowest BCUT2D eigenvalue weighted by molar-refractivity contribution is 0.443. The van der Waals surface area contributed by atoms with Crippen molar-refractivity contribution in [2.24, 2.45) is 5.73 Å². The molecule has 10 rings (SSSR count). The number of hydrogen-bond donors (Lipinski definition) is 3. The summed E-state index contributed by atoms with van der Waals surface area (Å²) >= 11 is 0. The summed E-state index contributed by atoms with van der Waals surface area (Å²) in [5, 5.41) is 11.1. The molecule has 0 fully saturated rings. The van der Waals surface area contributed by atoms with Gasteiger partial charge < -0.3 is 15.4 Å². The summed E-state index contributed by atoms with van der Waals surface area (Å²) in [5.41, 5.74) is 18.0. The fraction of sp³-hybridized carbons (Fsp3) is 0.0741. The van der Waals surface area contributed by atoms with Crippen LogP contribution in [-0.4, -0.2) is 0 Å². The van der Waals surface area contributed by atoms with E-state index in [2.05, 4.69) is 203 Å². The molecule has 0 saturated carbocycles. The number of ether oxygens (including phenoxy) is 1. The van der Waals surface area contributed by atoms with Gasteiger partial charge in [0.2, 0.25) is 0 Å². The van der Waals surface area contributed by atoms with Gasteiger partial charge in [0.15, 0.2) is 0 Å². The van der Waals surface area contributed by atoms with Gasteiger partial charge in [-0.2, -0.15) is 0 Å². The van der Waals surface area contributed by atoms with Crippen molar-refractivity contribution in [1.82, 2.24) is 10.4 Å². The molecule has 1 heterocycles. The summed E-state index contributed by atoms with van der Waals surface area (Å²) in [6.07, 6.45) is 2.74. The molecule has 2 aliphatic rings. The van der Waals surface area contributed by atoms with E-state index in [-0.39, 0.29) is 18.2 Å². The van der Waals surface area contributed by atoms with Crippen molar-refractivity contribution in [2.45, 2.75) is 24.7 Å². The van der Waals surface area contributed by atoms with Crippen LogP contribution in [0.4, 0.5) is 17.1 Å². The Kier molecular flexibility index (Phi) is 10.6. The highest BCUT2D eigenvalue weighted by Gasteiger charge is 2.34. The van der Waals surface area contributed by atoms with E-state index in [0.29, 0.717) is 8.73 Å². The van der Waals surface area contributed by atoms with Crippen molar-refractivity contribution < 1.29 is 4.74 Å². The Bertz CT molecular complexity index is 2850. The molecule has 4 N–H and O–H groups in total. The van der Waals surface area contributed by atoms with Crippen molar-refractivity contribution in [3.63, 3.8) is 0 Å². The van der Waals surface area contributed by atoms with Gasteiger partial charge in [-0.05, 0) is 102 Å². The zero-order chi connectivity index (χ0) is 40.3. The first kappa shape index (κ1) is 37.7. The Morgan fingerprint density at radius 2 is 1.12 bits per heavy atom. The van der Waals surface area contributed by atoms with Crippen molar-refractivity contribution >= 4 is 42.9 Å². The minimum absolute atomic E-state index is 0.152. The van der Waals surface area contributed by atoms with Crippen molar-refractivity contribution in [3.05, 3.63) is 233 Å². The SMILES string of the molecule is NC(NC(NPc1cc(-c2ccc(N(c3ccccc3)c3ccc(-c4ccccc4)cc3)cc2)c2c(c1)C1CC=c3ccccc3=C1O2)c1ccccc1)c1ccccc1. The molecule has 0 amide bonds. The lowest BCUT2D eigenvalue weighted by Crippen LogP contribution is -2.37. The normalized spacial score (nSPS) is 15.0. The number of benzene rings is 8. The number of hydrogen-bond acceptors (Lipinski definition) is 5. The molecule has 0 radical (unpaired) electrons. The summed E-state index contributed by atoms with van der Waals surface area (Å²) in [5.74, 6) is 2.14. The maximum absolute atomic E-state index is 6.98. The molecule has 0 saturated heterocycles. The summed E-state index contributed by atoms with van der Waals surface area (Å²) in [6, 6.07) is 72.8. The summed E-state index contributed by atoms with van der Waals surface area (Å²) in [4.78, 5) is 2.31. The fourth-order valence-electron chi connectivity index (χ4n) is 8.46. The summed E-state index contributed by atoms with van der Waals surface area (Å²) in [7, 11) is 0.290. The van der Waals surface area contributed by atoms with Crippen LogP contribution in [0, 0.1) is 0 Å². The number of nitrogens with zero attached hydrogens (tertiary/aromatic N) is 1. The maximum Gasteiger partial charge on any atom is 0.138 e. The first-order valence-electron chi connectivity index (χ1n) is 20.6. The van der Waals surface area contributed by atoms with Gasteiger partial charge in [-0.25, -0.2) is 0 Å². The number of nitrogens with one attached hydrogen (secondary N) is 2. The molecule has 0 spiro atoms. The lowest BCUT2D eigenvalue weighted by atomic mass is 9.89. The van der Waals surface area contributed by atoms with Gasteiger partial charge in [0, 0.05) is 39.3 Å². The van der Waals surface area contributed by atoms with E-state index in [4.69, 9.17) is 10.5 Å². The van der Waals surface area contributed by atoms with Crippen molar-refractivity contribution in [2.75, 3.05) is 4.90 Å². The molecule has 60 heavy (non-hydrogen) atoms. The quantitative estimate of drug-likeness (QED) is 0.0849. The molecule has 1 aliphatic carbocycles. The Labute approximate surface area is 353 Å². The van der Waals surface area contributed by atoms with E-state index >= 15 is 0 Å². The van der Waals surface area contributed by atoms with E-state index in [1.165, 1.54) is 32.4 Å². The molecule has 1 aliphatic heterocycles. The molecule has 5 nitrogen and oxygen atoms in total. The predicted molar refractivity (Wildman–Crippen MR) is 250 cm³/mol. The molecule has 0 aromatic heterocycles. The smallest absolute Gasteiger partial charge is 0.138 e. The zero-order valence-corrected chi connectivity index (χ0v) is 34.1. The monoisotopic (exact) mass is 796 g/mol. The number of nitrogens with two attached hydrogens (primary N) is 1. The van der Waals surface area contributed by atoms with Crippen LogP contribution >= 0.6 is 8.73 Å². The van der Waals surface area contributed by atoms with E-state index < -0.39 is 0 Å². The van der Waals surface area contributed by atoms with E-state index in [9.17, 15) is 0 Å². The second kappa shape index (κ2) is 16.9. The third kappa shape index (κ3) is 7.68. The number of para-hydroxylation sites is 1. The Morgan fingerprint density at radius 1 is 0.567 bits per heavy atom. The van der Waals surface area contributed by atoms with E-state index in [1.807, 2.05) is 24.3 Å². The van der Waals surface area contributed by atoms with Crippen LogP contribution in [0.1, 0.15) is 41.4 Å². The van der Waals surface area contributed by atoms with Gasteiger partial charge in [-0.1, -0.05) is 164 Å². The molecule has 4 atom stereocenters. The Hall–Kier alpha value is -6.59. The molecule has 0 bridgehead atoms. The number of rotatable bonds is 12. The maximum atomic E-state index is 6.98. The minimum atomic E-state index is -0.344. The van der Waals surface area contributed by atoms with Crippen LogP contribution in [0.5, 0.6) is 5.75 Å². The van der Waals surface area contributed by atoms with E-state index in [0.717, 1.165) is 57.2 Å². The molecule has 292 valence electrons. The van der Waals surface area contributed by atoms with Crippen LogP contribution in [0.15, 0.2) is 206 Å². The molecule has 6 heteroatoms. The van der Waals surface area contributed by atoms with Gasteiger partial charge >= 0.3 is 0 Å². The van der Waals surface area contributed by atoms with E-state index in [1.54, 1.807) is 0 Å². The van der Waals surface area contributed by atoms with Gasteiger partial charge in [-0.3, -0.25) is 10.4 Å². The van der Waals surface area contributed by atoms with Crippen LogP contribution in [-0.2, 0) is 0 Å². The first-order valence-corrected chi connectivity index (χ1v) is 21.6. The van der Waals surface area contributed by atoms with Crippen LogP contribution in [0.2, 0.25) is 0 Å². The third-order valence-electron chi connectivity index (χ3n) is 11.5. The highest BCUT2D eigenvalue weighted by molar-refractivity contribution is 7.45. The van der Waals surface area contributed by atoms with Crippen molar-refractivity contribution in [3.8, 4) is 28.0 Å². The highest BCUT2D eigenvalue weighted by Crippen LogP contribution is 2.49. The van der Waals surface area contributed by atoms with Crippen LogP contribution < -0.4 is 41.5 Å². The summed E-state index contributed by atoms with van der Waals surface area (Å²) < 4.78 is 6.98. The third-order valence-corrected chi connectivity index (χ3v) is 12.5. The van der Waals surface area contributed by atoms with Crippen LogP contribution in [0.25, 0.3) is 34.1 Å². The molecular formula is C54H45N4OP. The van der Waals surface area contributed by atoms with Gasteiger partial charge in [0.1, 0.15) is 11.5 Å². The molecular weight excluding hydrogens is 752 g/mol. The average molecular weight is 797 g/mol. The fourth-order valence-corrected chi connectivity index (χ4v) is 9.47. The minimum Gasteiger partial charge on any atom is -0.459 e. The Morgan fingerprint density at radius 3 is 1.80 bits per heavy atom. The molecule has 4 unspecified atom stereocenters. The van der Waals surface area contributed by atoms with Gasteiger partial charge in [0.25, 0.3) is 0 Å². The number of anilines is 3. The molecule has 8 aromatic carbocycles. The average Bonchev–Trinajstić information content (AvgIpc) is 3.71. The second-order valence-corrected chi connectivity index (χ2v) is 16.4. The Balaban J connectivity index is 1.01. The number of fused-ring (bicyclic) bond motifs is 4. The van der Waals surface area contributed by atoms with Crippen molar-refractivity contribution in [1.29, 1.82) is 0 Å². The first-order chi connectivity index (χ1) is 29.7. The second-order valence-electron chi connectivity index (χ2n) is 15.3. The van der Waals surface area contributed by atoms with Crippen LogP contribution in [0.3, 0.4) is 0 Å². The zero-order valence-electron chi connectivity index (χ0n) is 33.1. The van der Waals surface area contributed by atoms with Gasteiger partial charge in [-0.15, -0.1) is 0 Å². The topological polar surface area (TPSA) is 62.5 Å². The summed E-state index contributed by atoms with van der Waals surface area (Å²) in [6.45, 7) is 0. The largest absolute Gasteiger partial charge is 0.459 e.